The Balaban J connectivity index is 2.61. The molecule has 0 bridgehead atoms. The highest BCUT2D eigenvalue weighted by molar-refractivity contribution is 5.74. The van der Waals surface area contributed by atoms with Crippen molar-refractivity contribution in [3.05, 3.63) is 0 Å². The van der Waals surface area contributed by atoms with Gasteiger partial charge in [-0.05, 0) is 39.0 Å². The normalized spacial score (nSPS) is 24.5. The Morgan fingerprint density at radius 2 is 1.82 bits per heavy atom. The molecule has 2 N–H and O–H groups in total. The Morgan fingerprint density at radius 3 is 2.29 bits per heavy atom. The quantitative estimate of drug-likeness (QED) is 0.819. The van der Waals surface area contributed by atoms with Gasteiger partial charge in [0.1, 0.15) is 0 Å². The summed E-state index contributed by atoms with van der Waals surface area (Å²) in [4.78, 5) is 16.1. The van der Waals surface area contributed by atoms with Gasteiger partial charge in [0.25, 0.3) is 0 Å². The first-order chi connectivity index (χ1) is 8.10. The van der Waals surface area contributed by atoms with Gasteiger partial charge in [0, 0.05) is 32.2 Å². The minimum absolute atomic E-state index is 0.176. The maximum atomic E-state index is 12.3. The summed E-state index contributed by atoms with van der Waals surface area (Å²) in [6.45, 7) is 5.77. The van der Waals surface area contributed by atoms with E-state index in [4.69, 9.17) is 5.73 Å². The lowest BCUT2D eigenvalue weighted by molar-refractivity contribution is 0.125. The van der Waals surface area contributed by atoms with Gasteiger partial charge in [-0.2, -0.15) is 0 Å². The second kappa shape index (κ2) is 6.84. The number of nitrogens with zero attached hydrogens (tertiary/aromatic N) is 2. The van der Waals surface area contributed by atoms with Crippen molar-refractivity contribution in [1.82, 2.24) is 9.80 Å². The van der Waals surface area contributed by atoms with Crippen molar-refractivity contribution in [1.29, 1.82) is 0 Å². The zero-order valence-electron chi connectivity index (χ0n) is 11.5. The first-order valence-corrected chi connectivity index (χ1v) is 6.87. The first kappa shape index (κ1) is 14.3. The molecular weight excluding hydrogens is 214 g/mol. The highest BCUT2D eigenvalue weighted by Gasteiger charge is 2.28. The number of hydrogen-bond acceptors (Lipinski definition) is 2. The minimum atomic E-state index is 0.176. The van der Waals surface area contributed by atoms with Gasteiger partial charge in [-0.15, -0.1) is 0 Å². The summed E-state index contributed by atoms with van der Waals surface area (Å²) < 4.78 is 0. The summed E-state index contributed by atoms with van der Waals surface area (Å²) >= 11 is 0. The van der Waals surface area contributed by atoms with E-state index in [2.05, 4.69) is 11.8 Å². The van der Waals surface area contributed by atoms with Crippen LogP contribution in [0.5, 0.6) is 0 Å². The van der Waals surface area contributed by atoms with Crippen LogP contribution in [-0.4, -0.2) is 48.1 Å². The molecule has 0 atom stereocenters. The van der Waals surface area contributed by atoms with Crippen LogP contribution in [0.2, 0.25) is 0 Å². The highest BCUT2D eigenvalue weighted by atomic mass is 16.2. The summed E-state index contributed by atoms with van der Waals surface area (Å²) in [5, 5.41) is 0. The second-order valence-corrected chi connectivity index (χ2v) is 5.06. The number of hydrogen-bond donors (Lipinski definition) is 1. The molecule has 0 aromatic carbocycles. The Labute approximate surface area is 105 Å². The van der Waals surface area contributed by atoms with Gasteiger partial charge in [-0.3, -0.25) is 0 Å². The predicted molar refractivity (Wildman–Crippen MR) is 70.9 cm³/mol. The first-order valence-electron chi connectivity index (χ1n) is 6.87. The molecule has 0 radical (unpaired) electrons. The predicted octanol–water partition coefficient (Wildman–Crippen LogP) is 2.04. The molecular formula is C13H27N3O. The van der Waals surface area contributed by atoms with Gasteiger partial charge < -0.3 is 15.5 Å². The standard InChI is InChI=1S/C13H27N3O/c1-4-10-16(13(17)15(3)5-2)12-8-6-11(14)7-9-12/h11-12H,4-10,14H2,1-3H3. The molecule has 0 aliphatic heterocycles. The van der Waals surface area contributed by atoms with Crippen LogP contribution in [0.1, 0.15) is 46.0 Å². The fraction of sp³-hybridized carbons (Fsp3) is 0.923. The third-order valence-electron chi connectivity index (χ3n) is 3.69. The Bertz CT molecular complexity index is 237. The van der Waals surface area contributed by atoms with Crippen LogP contribution >= 0.6 is 0 Å². The summed E-state index contributed by atoms with van der Waals surface area (Å²) in [5.74, 6) is 0. The fourth-order valence-corrected chi connectivity index (χ4v) is 2.44. The topological polar surface area (TPSA) is 49.6 Å². The molecule has 0 aromatic rings. The molecule has 0 unspecified atom stereocenters. The largest absolute Gasteiger partial charge is 0.328 e. The lowest BCUT2D eigenvalue weighted by Crippen LogP contribution is -2.49. The van der Waals surface area contributed by atoms with Gasteiger partial charge in [0.15, 0.2) is 0 Å². The molecule has 1 rings (SSSR count). The fourth-order valence-electron chi connectivity index (χ4n) is 2.44. The van der Waals surface area contributed by atoms with Crippen molar-refractivity contribution in [2.45, 2.75) is 58.0 Å². The van der Waals surface area contributed by atoms with Crippen LogP contribution in [0, 0.1) is 0 Å². The molecule has 4 heteroatoms. The van der Waals surface area contributed by atoms with Crippen LogP contribution < -0.4 is 5.73 Å². The number of urea groups is 1. The second-order valence-electron chi connectivity index (χ2n) is 5.06. The lowest BCUT2D eigenvalue weighted by atomic mass is 9.91. The van der Waals surface area contributed by atoms with Crippen molar-refractivity contribution >= 4 is 6.03 Å². The van der Waals surface area contributed by atoms with Crippen molar-refractivity contribution < 1.29 is 4.79 Å². The lowest BCUT2D eigenvalue weighted by Gasteiger charge is -2.37. The average Bonchev–Trinajstić information content (AvgIpc) is 2.35. The van der Waals surface area contributed by atoms with E-state index in [1.165, 1.54) is 0 Å². The molecule has 1 aliphatic carbocycles. The van der Waals surface area contributed by atoms with Crippen molar-refractivity contribution in [2.75, 3.05) is 20.1 Å². The molecule has 2 amide bonds. The molecule has 0 saturated heterocycles. The summed E-state index contributed by atoms with van der Waals surface area (Å²) in [6.07, 6.45) is 5.24. The Hall–Kier alpha value is -0.770. The molecule has 17 heavy (non-hydrogen) atoms. The zero-order chi connectivity index (χ0) is 12.8. The van der Waals surface area contributed by atoms with Crippen molar-refractivity contribution in [3.63, 3.8) is 0 Å². The molecule has 4 nitrogen and oxygen atoms in total. The van der Waals surface area contributed by atoms with Crippen LogP contribution in [0.3, 0.4) is 0 Å². The van der Waals surface area contributed by atoms with Crippen LogP contribution in [0.15, 0.2) is 0 Å². The van der Waals surface area contributed by atoms with E-state index in [9.17, 15) is 4.79 Å². The molecule has 1 fully saturated rings. The number of rotatable bonds is 4. The van der Waals surface area contributed by atoms with E-state index in [0.29, 0.717) is 12.1 Å². The monoisotopic (exact) mass is 241 g/mol. The summed E-state index contributed by atoms with van der Waals surface area (Å²) in [6, 6.07) is 0.916. The smallest absolute Gasteiger partial charge is 0.319 e. The minimum Gasteiger partial charge on any atom is -0.328 e. The Morgan fingerprint density at radius 1 is 1.24 bits per heavy atom. The van der Waals surface area contributed by atoms with Crippen molar-refractivity contribution in [2.24, 2.45) is 5.73 Å². The maximum absolute atomic E-state index is 12.3. The van der Waals surface area contributed by atoms with E-state index in [0.717, 1.165) is 45.2 Å². The number of carbonyl (C=O) groups excluding carboxylic acids is 1. The van der Waals surface area contributed by atoms with E-state index < -0.39 is 0 Å². The van der Waals surface area contributed by atoms with E-state index in [-0.39, 0.29) is 6.03 Å². The zero-order valence-corrected chi connectivity index (χ0v) is 11.5. The number of amides is 2. The van der Waals surface area contributed by atoms with Crippen molar-refractivity contribution in [3.8, 4) is 0 Å². The molecule has 0 spiro atoms. The molecule has 100 valence electrons. The van der Waals surface area contributed by atoms with Gasteiger partial charge in [-0.1, -0.05) is 6.92 Å². The van der Waals surface area contributed by atoms with Gasteiger partial charge in [0.2, 0.25) is 0 Å². The number of nitrogens with two attached hydrogens (primary N) is 1. The van der Waals surface area contributed by atoms with Gasteiger partial charge in [0.05, 0.1) is 0 Å². The van der Waals surface area contributed by atoms with E-state index in [1.54, 1.807) is 4.90 Å². The Kier molecular flexibility index (Phi) is 5.75. The molecule has 0 heterocycles. The molecule has 0 aromatic heterocycles. The van der Waals surface area contributed by atoms with Crippen LogP contribution in [0.4, 0.5) is 4.79 Å². The van der Waals surface area contributed by atoms with Crippen LogP contribution in [0.25, 0.3) is 0 Å². The molecule has 1 aliphatic rings. The summed E-state index contributed by atoms with van der Waals surface area (Å²) in [7, 11) is 1.87. The third kappa shape index (κ3) is 3.87. The highest BCUT2D eigenvalue weighted by Crippen LogP contribution is 2.23. The van der Waals surface area contributed by atoms with Crippen LogP contribution in [-0.2, 0) is 0 Å². The van der Waals surface area contributed by atoms with E-state index >= 15 is 0 Å². The molecule has 1 saturated carbocycles. The average molecular weight is 241 g/mol. The third-order valence-corrected chi connectivity index (χ3v) is 3.69. The van der Waals surface area contributed by atoms with Gasteiger partial charge >= 0.3 is 6.03 Å². The number of carbonyl (C=O) groups is 1. The van der Waals surface area contributed by atoms with E-state index in [1.807, 2.05) is 14.0 Å². The SMILES string of the molecule is CCCN(C(=O)N(C)CC)C1CCC(N)CC1. The maximum Gasteiger partial charge on any atom is 0.319 e. The summed E-state index contributed by atoms with van der Waals surface area (Å²) in [5.41, 5.74) is 5.92. The van der Waals surface area contributed by atoms with Gasteiger partial charge in [-0.25, -0.2) is 4.79 Å².